The molecular weight excluding hydrogens is 228 g/mol. The topological polar surface area (TPSA) is 87.1 Å². The molecule has 0 aromatic carbocycles. The van der Waals surface area contributed by atoms with E-state index in [4.69, 9.17) is 0 Å². The minimum Gasteiger partial charge on any atom is -0.412 e. The number of rotatable bonds is 0. The molecule has 2 aliphatic rings. The summed E-state index contributed by atoms with van der Waals surface area (Å²) < 4.78 is 0. The molecular formula is C14H38N2O2. The van der Waals surface area contributed by atoms with Crippen molar-refractivity contribution in [3.8, 4) is 0 Å². The Morgan fingerprint density at radius 2 is 0.778 bits per heavy atom. The van der Waals surface area contributed by atoms with Gasteiger partial charge in [0.25, 0.3) is 0 Å². The van der Waals surface area contributed by atoms with Crippen LogP contribution in [0.3, 0.4) is 0 Å². The van der Waals surface area contributed by atoms with Gasteiger partial charge in [0, 0.05) is 6.67 Å². The second-order valence-corrected chi connectivity index (χ2v) is 3.65. The van der Waals surface area contributed by atoms with Crippen LogP contribution in [0.1, 0.15) is 72.6 Å². The zero-order valence-corrected chi connectivity index (χ0v) is 13.1. The summed E-state index contributed by atoms with van der Waals surface area (Å²) in [6.07, 6.45) is 10.3. The third-order valence-corrected chi connectivity index (χ3v) is 2.46. The van der Waals surface area contributed by atoms with Gasteiger partial charge in [-0.1, -0.05) is 66.2 Å². The summed E-state index contributed by atoms with van der Waals surface area (Å²) in [5, 5.41) is 6.35. The highest BCUT2D eigenvalue weighted by Crippen LogP contribution is 2.15. The van der Waals surface area contributed by atoms with E-state index in [1.54, 1.807) is 0 Å². The summed E-state index contributed by atoms with van der Waals surface area (Å²) in [4.78, 5) is 0. The van der Waals surface area contributed by atoms with Crippen LogP contribution in [0.5, 0.6) is 0 Å². The van der Waals surface area contributed by atoms with Gasteiger partial charge in [0.15, 0.2) is 0 Å². The van der Waals surface area contributed by atoms with E-state index >= 15 is 0 Å². The molecule has 1 aliphatic heterocycles. The molecule has 6 N–H and O–H groups in total. The van der Waals surface area contributed by atoms with Crippen LogP contribution < -0.4 is 10.6 Å². The molecule has 4 heteroatoms. The van der Waals surface area contributed by atoms with E-state index in [1.807, 2.05) is 27.7 Å². The van der Waals surface area contributed by atoms with Gasteiger partial charge in [-0.05, 0) is 19.5 Å². The van der Waals surface area contributed by atoms with Crippen molar-refractivity contribution in [2.75, 3.05) is 19.8 Å². The van der Waals surface area contributed by atoms with Gasteiger partial charge in [0.05, 0.1) is 0 Å². The second-order valence-electron chi connectivity index (χ2n) is 3.65. The molecule has 4 nitrogen and oxygen atoms in total. The summed E-state index contributed by atoms with van der Waals surface area (Å²) in [5.41, 5.74) is 0. The first-order valence-corrected chi connectivity index (χ1v) is 7.41. The molecule has 2 rings (SSSR count). The van der Waals surface area contributed by atoms with Crippen LogP contribution in [0.2, 0.25) is 0 Å². The van der Waals surface area contributed by atoms with E-state index in [9.17, 15) is 0 Å². The van der Waals surface area contributed by atoms with Crippen LogP contribution in [-0.2, 0) is 0 Å². The molecule has 0 spiro atoms. The predicted octanol–water partition coefficient (Wildman–Crippen LogP) is 2.27. The molecule has 0 atom stereocenters. The van der Waals surface area contributed by atoms with Gasteiger partial charge in [-0.2, -0.15) is 0 Å². The van der Waals surface area contributed by atoms with Gasteiger partial charge in [0.2, 0.25) is 0 Å². The quantitative estimate of drug-likeness (QED) is 0.704. The van der Waals surface area contributed by atoms with Crippen molar-refractivity contribution in [3.63, 3.8) is 0 Å². The van der Waals surface area contributed by atoms with Crippen LogP contribution in [-0.4, -0.2) is 30.7 Å². The zero-order valence-electron chi connectivity index (χ0n) is 13.1. The van der Waals surface area contributed by atoms with Gasteiger partial charge in [-0.3, -0.25) is 0 Å². The van der Waals surface area contributed by atoms with Crippen LogP contribution in [0.4, 0.5) is 0 Å². The van der Waals surface area contributed by atoms with E-state index in [1.165, 1.54) is 58.0 Å². The number of hydrogen-bond acceptors (Lipinski definition) is 2. The molecule has 0 radical (unpaired) electrons. The molecule has 1 saturated heterocycles. The van der Waals surface area contributed by atoms with Crippen molar-refractivity contribution in [3.05, 3.63) is 0 Å². The summed E-state index contributed by atoms with van der Waals surface area (Å²) in [5.74, 6) is 0. The smallest absolute Gasteiger partial charge is 0.0454 e. The van der Waals surface area contributed by atoms with E-state index < -0.39 is 0 Å². The molecule has 0 aromatic rings. The SMILES string of the molecule is C1CCCCC1.C1CNCNC1.CC.CC.O.O. The van der Waals surface area contributed by atoms with Crippen LogP contribution >= 0.6 is 0 Å². The number of nitrogens with one attached hydrogen (secondary N) is 2. The van der Waals surface area contributed by atoms with Crippen molar-refractivity contribution >= 4 is 0 Å². The first kappa shape index (κ1) is 26.4. The van der Waals surface area contributed by atoms with Gasteiger partial charge in [0.1, 0.15) is 0 Å². The Morgan fingerprint density at radius 1 is 0.500 bits per heavy atom. The van der Waals surface area contributed by atoms with Crippen molar-refractivity contribution in [1.82, 2.24) is 10.6 Å². The van der Waals surface area contributed by atoms with Crippen molar-refractivity contribution in [1.29, 1.82) is 0 Å². The number of hydrogen-bond donors (Lipinski definition) is 2. The molecule has 1 heterocycles. The lowest BCUT2D eigenvalue weighted by Gasteiger charge is -2.11. The lowest BCUT2D eigenvalue weighted by molar-refractivity contribution is 0.496. The Kier molecular flexibility index (Phi) is 44.2. The average molecular weight is 266 g/mol. The Bertz CT molecular complexity index is 60.8. The van der Waals surface area contributed by atoms with Gasteiger partial charge >= 0.3 is 0 Å². The molecule has 116 valence electrons. The normalized spacial score (nSPS) is 16.7. The van der Waals surface area contributed by atoms with Crippen molar-refractivity contribution in [2.45, 2.75) is 72.6 Å². The molecule has 0 bridgehead atoms. The third kappa shape index (κ3) is 24.9. The van der Waals surface area contributed by atoms with Crippen molar-refractivity contribution in [2.24, 2.45) is 0 Å². The molecule has 1 aliphatic carbocycles. The van der Waals surface area contributed by atoms with Crippen LogP contribution in [0.25, 0.3) is 0 Å². The van der Waals surface area contributed by atoms with Crippen LogP contribution in [0.15, 0.2) is 0 Å². The summed E-state index contributed by atoms with van der Waals surface area (Å²) >= 11 is 0. The molecule has 1 saturated carbocycles. The lowest BCUT2D eigenvalue weighted by Crippen LogP contribution is -2.37. The van der Waals surface area contributed by atoms with Gasteiger partial charge in [-0.25, -0.2) is 0 Å². The summed E-state index contributed by atoms with van der Waals surface area (Å²) in [6.45, 7) is 11.4. The fraction of sp³-hybridized carbons (Fsp3) is 1.00. The minimum atomic E-state index is 0. The Morgan fingerprint density at radius 3 is 0.889 bits per heavy atom. The Labute approximate surface area is 115 Å². The van der Waals surface area contributed by atoms with Crippen LogP contribution in [0, 0.1) is 0 Å². The maximum atomic E-state index is 3.17. The first-order valence-electron chi connectivity index (χ1n) is 7.41. The zero-order chi connectivity index (χ0) is 12.5. The molecule has 18 heavy (non-hydrogen) atoms. The lowest BCUT2D eigenvalue weighted by atomic mass is 10.0. The largest absolute Gasteiger partial charge is 0.412 e. The Balaban J connectivity index is -0.0000000787. The average Bonchev–Trinajstić information content (AvgIpc) is 2.48. The summed E-state index contributed by atoms with van der Waals surface area (Å²) in [6, 6.07) is 0. The fourth-order valence-electron chi connectivity index (χ4n) is 1.66. The standard InChI is InChI=1S/C6H12.C4H10N2.2C2H6.2H2O/c1-2-4-6-5-3-1;1-2-5-4-6-3-1;2*1-2;;/h1-6H2;5-6H,1-4H2;2*1-2H3;2*1H2. The van der Waals surface area contributed by atoms with Crippen molar-refractivity contribution < 1.29 is 11.0 Å². The van der Waals surface area contributed by atoms with E-state index in [0.29, 0.717) is 0 Å². The fourth-order valence-corrected chi connectivity index (χ4v) is 1.66. The second kappa shape index (κ2) is 30.1. The molecule has 0 aromatic heterocycles. The molecule has 0 amide bonds. The highest BCUT2D eigenvalue weighted by Gasteiger charge is 1.95. The highest BCUT2D eigenvalue weighted by atomic mass is 16.0. The van der Waals surface area contributed by atoms with E-state index in [2.05, 4.69) is 10.6 Å². The van der Waals surface area contributed by atoms with Gasteiger partial charge < -0.3 is 21.6 Å². The minimum absolute atomic E-state index is 0. The maximum Gasteiger partial charge on any atom is 0.0454 e. The first-order chi connectivity index (χ1) is 8.00. The predicted molar refractivity (Wildman–Crippen MR) is 83.1 cm³/mol. The maximum absolute atomic E-state index is 3.17. The highest BCUT2D eigenvalue weighted by molar-refractivity contribution is 4.54. The van der Waals surface area contributed by atoms with E-state index in [-0.39, 0.29) is 11.0 Å². The summed E-state index contributed by atoms with van der Waals surface area (Å²) in [7, 11) is 0. The van der Waals surface area contributed by atoms with E-state index in [0.717, 1.165) is 6.67 Å². The third-order valence-electron chi connectivity index (χ3n) is 2.46. The molecule has 0 unspecified atom stereocenters. The molecule has 2 fully saturated rings. The van der Waals surface area contributed by atoms with Gasteiger partial charge in [-0.15, -0.1) is 0 Å². The monoisotopic (exact) mass is 266 g/mol. The Hall–Kier alpha value is -0.160.